The van der Waals surface area contributed by atoms with E-state index in [0.29, 0.717) is 6.54 Å². The highest BCUT2D eigenvalue weighted by Crippen LogP contribution is 2.20. The van der Waals surface area contributed by atoms with Gasteiger partial charge in [-0.3, -0.25) is 4.68 Å². The van der Waals surface area contributed by atoms with E-state index in [1.165, 1.54) is 16.8 Å². The number of hydrogen-bond donors (Lipinski definition) is 1. The van der Waals surface area contributed by atoms with Gasteiger partial charge < -0.3 is 10.6 Å². The molecule has 1 aromatic carbocycles. The second-order valence-corrected chi connectivity index (χ2v) is 4.21. The van der Waals surface area contributed by atoms with Crippen LogP contribution in [0.25, 0.3) is 0 Å². The fraction of sp³-hybridized carbons (Fsp3) is 0.308. The molecule has 4 nitrogen and oxygen atoms in total. The van der Waals surface area contributed by atoms with E-state index in [9.17, 15) is 0 Å². The number of para-hydroxylation sites is 1. The lowest BCUT2D eigenvalue weighted by Gasteiger charge is -2.21. The van der Waals surface area contributed by atoms with Crippen LogP contribution in [-0.4, -0.2) is 16.8 Å². The molecule has 0 aliphatic carbocycles. The van der Waals surface area contributed by atoms with Crippen molar-refractivity contribution in [2.24, 2.45) is 12.8 Å². The minimum absolute atomic E-state index is 0.563. The van der Waals surface area contributed by atoms with Crippen LogP contribution in [-0.2, 0) is 20.1 Å². The van der Waals surface area contributed by atoms with Crippen LogP contribution in [0.4, 0.5) is 5.69 Å². The summed E-state index contributed by atoms with van der Waals surface area (Å²) in [4.78, 5) is 2.19. The molecule has 17 heavy (non-hydrogen) atoms. The smallest absolute Gasteiger partial charge is 0.0539 e. The van der Waals surface area contributed by atoms with Crippen LogP contribution in [0, 0.1) is 0 Å². The molecule has 0 atom stereocenters. The van der Waals surface area contributed by atoms with E-state index < -0.39 is 0 Å². The van der Waals surface area contributed by atoms with Gasteiger partial charge in [-0.1, -0.05) is 18.2 Å². The summed E-state index contributed by atoms with van der Waals surface area (Å²) < 4.78 is 1.82. The lowest BCUT2D eigenvalue weighted by Crippen LogP contribution is -2.18. The molecule has 0 fully saturated rings. The van der Waals surface area contributed by atoms with Gasteiger partial charge in [0, 0.05) is 44.6 Å². The molecule has 0 radical (unpaired) electrons. The summed E-state index contributed by atoms with van der Waals surface area (Å²) in [5.74, 6) is 0. The zero-order chi connectivity index (χ0) is 12.3. The molecule has 2 N–H and O–H groups in total. The van der Waals surface area contributed by atoms with Crippen molar-refractivity contribution in [3.8, 4) is 0 Å². The summed E-state index contributed by atoms with van der Waals surface area (Å²) in [6.45, 7) is 1.40. The Morgan fingerprint density at radius 3 is 2.76 bits per heavy atom. The van der Waals surface area contributed by atoms with E-state index in [-0.39, 0.29) is 0 Å². The average molecular weight is 230 g/mol. The Bertz CT molecular complexity index is 490. The maximum absolute atomic E-state index is 5.74. The van der Waals surface area contributed by atoms with Gasteiger partial charge in [0.05, 0.1) is 6.20 Å². The SMILES string of the molecule is CN(Cc1cnn(C)c1)c1ccccc1CN. The number of anilines is 1. The number of rotatable bonds is 4. The third-order valence-electron chi connectivity index (χ3n) is 2.80. The Hall–Kier alpha value is -1.81. The molecular weight excluding hydrogens is 212 g/mol. The first-order valence-corrected chi connectivity index (χ1v) is 5.67. The fourth-order valence-electron chi connectivity index (χ4n) is 1.97. The lowest BCUT2D eigenvalue weighted by molar-refractivity contribution is 0.766. The van der Waals surface area contributed by atoms with E-state index >= 15 is 0 Å². The van der Waals surface area contributed by atoms with Crippen molar-refractivity contribution < 1.29 is 0 Å². The van der Waals surface area contributed by atoms with Crippen LogP contribution in [0.1, 0.15) is 11.1 Å². The van der Waals surface area contributed by atoms with Gasteiger partial charge in [-0.05, 0) is 11.6 Å². The Morgan fingerprint density at radius 2 is 2.12 bits per heavy atom. The molecule has 1 heterocycles. The highest BCUT2D eigenvalue weighted by molar-refractivity contribution is 5.53. The van der Waals surface area contributed by atoms with Crippen LogP contribution in [0.15, 0.2) is 36.7 Å². The Kier molecular flexibility index (Phi) is 3.44. The summed E-state index contributed by atoms with van der Waals surface area (Å²) in [6, 6.07) is 8.21. The normalized spacial score (nSPS) is 10.5. The zero-order valence-corrected chi connectivity index (χ0v) is 10.3. The van der Waals surface area contributed by atoms with Gasteiger partial charge in [-0.2, -0.15) is 5.10 Å². The number of aromatic nitrogens is 2. The van der Waals surface area contributed by atoms with E-state index in [1.807, 2.05) is 36.3 Å². The fourth-order valence-corrected chi connectivity index (χ4v) is 1.97. The molecule has 0 saturated carbocycles. The summed E-state index contributed by atoms with van der Waals surface area (Å²) in [5, 5.41) is 4.17. The van der Waals surface area contributed by atoms with Crippen molar-refractivity contribution in [2.45, 2.75) is 13.1 Å². The first-order chi connectivity index (χ1) is 8.20. The highest BCUT2D eigenvalue weighted by atomic mass is 15.2. The third-order valence-corrected chi connectivity index (χ3v) is 2.80. The monoisotopic (exact) mass is 230 g/mol. The molecule has 1 aromatic heterocycles. The predicted molar refractivity (Wildman–Crippen MR) is 69.6 cm³/mol. The maximum Gasteiger partial charge on any atom is 0.0539 e. The van der Waals surface area contributed by atoms with Crippen LogP contribution in [0.2, 0.25) is 0 Å². The molecule has 4 heteroatoms. The van der Waals surface area contributed by atoms with Crippen molar-refractivity contribution in [1.82, 2.24) is 9.78 Å². The molecule has 0 saturated heterocycles. The minimum atomic E-state index is 0.563. The first kappa shape index (κ1) is 11.7. The number of nitrogens with two attached hydrogens (primary N) is 1. The van der Waals surface area contributed by atoms with Gasteiger partial charge >= 0.3 is 0 Å². The standard InChI is InChI=1S/C13H18N4/c1-16(9-11-8-15-17(2)10-11)13-6-4-3-5-12(13)7-14/h3-6,8,10H,7,9,14H2,1-2H3. The zero-order valence-electron chi connectivity index (χ0n) is 10.3. The summed E-state index contributed by atoms with van der Waals surface area (Å²) in [7, 11) is 4.00. The summed E-state index contributed by atoms with van der Waals surface area (Å²) >= 11 is 0. The van der Waals surface area contributed by atoms with Gasteiger partial charge in [-0.25, -0.2) is 0 Å². The minimum Gasteiger partial charge on any atom is -0.370 e. The van der Waals surface area contributed by atoms with Crippen molar-refractivity contribution in [2.75, 3.05) is 11.9 Å². The van der Waals surface area contributed by atoms with Crippen molar-refractivity contribution in [3.63, 3.8) is 0 Å². The quantitative estimate of drug-likeness (QED) is 0.866. The van der Waals surface area contributed by atoms with Gasteiger partial charge in [0.2, 0.25) is 0 Å². The number of aryl methyl sites for hydroxylation is 1. The molecule has 2 aromatic rings. The van der Waals surface area contributed by atoms with Crippen LogP contribution >= 0.6 is 0 Å². The number of nitrogens with zero attached hydrogens (tertiary/aromatic N) is 3. The van der Waals surface area contributed by atoms with Gasteiger partial charge in [-0.15, -0.1) is 0 Å². The van der Waals surface area contributed by atoms with E-state index in [4.69, 9.17) is 5.73 Å². The van der Waals surface area contributed by atoms with E-state index in [2.05, 4.69) is 29.2 Å². The Labute approximate surface area is 102 Å². The average Bonchev–Trinajstić information content (AvgIpc) is 2.74. The molecular formula is C13H18N4. The van der Waals surface area contributed by atoms with Crippen LogP contribution in [0.5, 0.6) is 0 Å². The van der Waals surface area contributed by atoms with Gasteiger partial charge in [0.1, 0.15) is 0 Å². The van der Waals surface area contributed by atoms with Crippen LogP contribution < -0.4 is 10.6 Å². The molecule has 0 amide bonds. The van der Waals surface area contributed by atoms with Gasteiger partial charge in [0.25, 0.3) is 0 Å². The Morgan fingerprint density at radius 1 is 1.35 bits per heavy atom. The van der Waals surface area contributed by atoms with Crippen molar-refractivity contribution >= 4 is 5.69 Å². The van der Waals surface area contributed by atoms with E-state index in [0.717, 1.165) is 6.54 Å². The van der Waals surface area contributed by atoms with Crippen molar-refractivity contribution in [1.29, 1.82) is 0 Å². The first-order valence-electron chi connectivity index (χ1n) is 5.67. The number of benzene rings is 1. The largest absolute Gasteiger partial charge is 0.370 e. The second kappa shape index (κ2) is 5.01. The maximum atomic E-state index is 5.74. The second-order valence-electron chi connectivity index (χ2n) is 4.21. The van der Waals surface area contributed by atoms with Crippen LogP contribution in [0.3, 0.4) is 0 Å². The lowest BCUT2D eigenvalue weighted by atomic mass is 10.1. The Balaban J connectivity index is 2.16. The van der Waals surface area contributed by atoms with Crippen molar-refractivity contribution in [3.05, 3.63) is 47.8 Å². The molecule has 90 valence electrons. The topological polar surface area (TPSA) is 47.1 Å². The molecule has 0 spiro atoms. The highest BCUT2D eigenvalue weighted by Gasteiger charge is 2.07. The van der Waals surface area contributed by atoms with Gasteiger partial charge in [0.15, 0.2) is 0 Å². The molecule has 0 bridgehead atoms. The number of hydrogen-bond acceptors (Lipinski definition) is 3. The summed E-state index contributed by atoms with van der Waals surface area (Å²) in [5.41, 5.74) is 9.28. The predicted octanol–water partition coefficient (Wildman–Crippen LogP) is 1.52. The summed E-state index contributed by atoms with van der Waals surface area (Å²) in [6.07, 6.45) is 3.92. The third kappa shape index (κ3) is 2.65. The molecule has 0 unspecified atom stereocenters. The molecule has 0 aliphatic heterocycles. The molecule has 0 aliphatic rings. The van der Waals surface area contributed by atoms with E-state index in [1.54, 1.807) is 0 Å². The molecule has 2 rings (SSSR count).